The Labute approximate surface area is 119 Å². The average molecular weight is 281 g/mol. The topological polar surface area (TPSA) is 35.6 Å². The van der Waals surface area contributed by atoms with E-state index in [-0.39, 0.29) is 0 Å². The maximum absolute atomic E-state index is 12.0. The molecule has 0 atom stereocenters. The second-order valence-electron chi connectivity index (χ2n) is 4.94. The molecule has 4 nitrogen and oxygen atoms in total. The van der Waals surface area contributed by atoms with Crippen molar-refractivity contribution >= 4 is 17.2 Å². The van der Waals surface area contributed by atoms with Crippen LogP contribution in [-0.4, -0.2) is 55.5 Å². The van der Waals surface area contributed by atoms with Gasteiger partial charge in [-0.25, -0.2) is 0 Å². The van der Waals surface area contributed by atoms with E-state index >= 15 is 0 Å². The number of rotatable bonds is 6. The quantitative estimate of drug-likeness (QED) is 0.801. The van der Waals surface area contributed by atoms with E-state index in [1.807, 2.05) is 23.3 Å². The van der Waals surface area contributed by atoms with Crippen LogP contribution in [0.25, 0.3) is 0 Å². The van der Waals surface area contributed by atoms with Crippen molar-refractivity contribution in [3.63, 3.8) is 0 Å². The van der Waals surface area contributed by atoms with Crippen molar-refractivity contribution in [1.82, 2.24) is 15.1 Å². The summed E-state index contributed by atoms with van der Waals surface area (Å²) in [5.41, 5.74) is 0. The van der Waals surface area contributed by atoms with Gasteiger partial charge in [-0.05, 0) is 31.5 Å². The van der Waals surface area contributed by atoms with Crippen LogP contribution in [0.3, 0.4) is 0 Å². The third-order valence-corrected chi connectivity index (χ3v) is 4.36. The summed E-state index contributed by atoms with van der Waals surface area (Å²) in [5, 5.41) is 5.20. The molecule has 1 aromatic rings. The fourth-order valence-electron chi connectivity index (χ4n) is 2.35. The molecule has 1 aromatic heterocycles. The monoisotopic (exact) mass is 281 g/mol. The van der Waals surface area contributed by atoms with Gasteiger partial charge in [-0.2, -0.15) is 0 Å². The highest BCUT2D eigenvalue weighted by Gasteiger charge is 2.20. The van der Waals surface area contributed by atoms with E-state index < -0.39 is 0 Å². The number of hydrogen-bond acceptors (Lipinski definition) is 4. The van der Waals surface area contributed by atoms with E-state index in [1.54, 1.807) is 0 Å². The van der Waals surface area contributed by atoms with Gasteiger partial charge in [-0.15, -0.1) is 11.3 Å². The van der Waals surface area contributed by atoms with Gasteiger partial charge in [0.05, 0.1) is 0 Å². The standard InChI is InChI=1S/C14H23N3OS/c1-15-6-2-5-14(18)17-9-7-16(8-10-17)12-13-4-3-11-19-13/h3-4,11,15H,2,5-10,12H2,1H3. The van der Waals surface area contributed by atoms with Crippen LogP contribution >= 0.6 is 11.3 Å². The summed E-state index contributed by atoms with van der Waals surface area (Å²) in [5.74, 6) is 0.311. The van der Waals surface area contributed by atoms with Crippen molar-refractivity contribution in [3.05, 3.63) is 22.4 Å². The summed E-state index contributed by atoms with van der Waals surface area (Å²) >= 11 is 1.81. The normalized spacial score (nSPS) is 16.8. The van der Waals surface area contributed by atoms with Gasteiger partial charge in [0.1, 0.15) is 0 Å². The number of amides is 1. The molecule has 1 saturated heterocycles. The zero-order chi connectivity index (χ0) is 13.5. The van der Waals surface area contributed by atoms with Crippen molar-refractivity contribution in [2.75, 3.05) is 39.8 Å². The van der Waals surface area contributed by atoms with Gasteiger partial charge in [0.2, 0.25) is 5.91 Å². The molecule has 1 aliphatic rings. The maximum atomic E-state index is 12.0. The first-order valence-electron chi connectivity index (χ1n) is 6.96. The first-order valence-corrected chi connectivity index (χ1v) is 7.84. The summed E-state index contributed by atoms with van der Waals surface area (Å²) in [7, 11) is 1.92. The minimum Gasteiger partial charge on any atom is -0.340 e. The van der Waals surface area contributed by atoms with Crippen LogP contribution in [0.15, 0.2) is 17.5 Å². The highest BCUT2D eigenvalue weighted by atomic mass is 32.1. The molecule has 0 bridgehead atoms. The van der Waals surface area contributed by atoms with Gasteiger partial charge >= 0.3 is 0 Å². The fourth-order valence-corrected chi connectivity index (χ4v) is 3.10. The van der Waals surface area contributed by atoms with E-state index in [4.69, 9.17) is 0 Å². The van der Waals surface area contributed by atoms with Gasteiger partial charge in [-0.3, -0.25) is 9.69 Å². The smallest absolute Gasteiger partial charge is 0.222 e. The minimum absolute atomic E-state index is 0.311. The Hall–Kier alpha value is -0.910. The lowest BCUT2D eigenvalue weighted by molar-refractivity contribution is -0.133. The number of carbonyl (C=O) groups is 1. The van der Waals surface area contributed by atoms with Crippen LogP contribution < -0.4 is 5.32 Å². The largest absolute Gasteiger partial charge is 0.340 e. The molecule has 1 amide bonds. The first-order chi connectivity index (χ1) is 9.29. The SMILES string of the molecule is CNCCCC(=O)N1CCN(Cc2cccs2)CC1. The molecule has 0 aromatic carbocycles. The molecule has 0 radical (unpaired) electrons. The molecule has 5 heteroatoms. The Morgan fingerprint density at radius 2 is 2.16 bits per heavy atom. The van der Waals surface area contributed by atoms with Crippen molar-refractivity contribution in [2.45, 2.75) is 19.4 Å². The molecule has 1 fully saturated rings. The fraction of sp³-hybridized carbons (Fsp3) is 0.643. The molecule has 2 rings (SSSR count). The summed E-state index contributed by atoms with van der Waals surface area (Å²) < 4.78 is 0. The Morgan fingerprint density at radius 3 is 2.79 bits per heavy atom. The van der Waals surface area contributed by atoms with Gasteiger partial charge in [0.15, 0.2) is 0 Å². The molecule has 0 unspecified atom stereocenters. The van der Waals surface area contributed by atoms with E-state index in [0.29, 0.717) is 12.3 Å². The Kier molecular flexibility index (Phi) is 5.82. The van der Waals surface area contributed by atoms with Crippen molar-refractivity contribution in [2.24, 2.45) is 0 Å². The molecule has 0 aliphatic carbocycles. The van der Waals surface area contributed by atoms with Crippen molar-refractivity contribution in [1.29, 1.82) is 0 Å². The minimum atomic E-state index is 0.311. The zero-order valence-corrected chi connectivity index (χ0v) is 12.4. The highest BCUT2D eigenvalue weighted by molar-refractivity contribution is 7.09. The lowest BCUT2D eigenvalue weighted by atomic mass is 10.2. The van der Waals surface area contributed by atoms with Crippen LogP contribution in [0.5, 0.6) is 0 Å². The molecule has 1 aliphatic heterocycles. The third kappa shape index (κ3) is 4.60. The van der Waals surface area contributed by atoms with E-state index in [9.17, 15) is 4.79 Å². The molecule has 106 valence electrons. The van der Waals surface area contributed by atoms with E-state index in [2.05, 4.69) is 27.7 Å². The predicted octanol–water partition coefficient (Wildman–Crippen LogP) is 1.39. The summed E-state index contributed by atoms with van der Waals surface area (Å²) in [4.78, 5) is 17.8. The van der Waals surface area contributed by atoms with Crippen LogP contribution in [-0.2, 0) is 11.3 Å². The third-order valence-electron chi connectivity index (χ3n) is 3.50. The van der Waals surface area contributed by atoms with Gasteiger partial charge in [-0.1, -0.05) is 6.07 Å². The Morgan fingerprint density at radius 1 is 1.37 bits per heavy atom. The maximum Gasteiger partial charge on any atom is 0.222 e. The van der Waals surface area contributed by atoms with Crippen LogP contribution in [0.4, 0.5) is 0 Å². The molecule has 1 N–H and O–H groups in total. The number of piperazine rings is 1. The van der Waals surface area contributed by atoms with Crippen molar-refractivity contribution in [3.8, 4) is 0 Å². The molecule has 19 heavy (non-hydrogen) atoms. The van der Waals surface area contributed by atoms with E-state index in [0.717, 1.165) is 45.7 Å². The van der Waals surface area contributed by atoms with E-state index in [1.165, 1.54) is 4.88 Å². The van der Waals surface area contributed by atoms with Gasteiger partial charge in [0.25, 0.3) is 0 Å². The average Bonchev–Trinajstić information content (AvgIpc) is 2.93. The first kappa shape index (κ1) is 14.5. The molecule has 2 heterocycles. The number of carbonyl (C=O) groups excluding carboxylic acids is 1. The number of hydrogen-bond donors (Lipinski definition) is 1. The summed E-state index contributed by atoms with van der Waals surface area (Å²) in [6.07, 6.45) is 1.61. The summed E-state index contributed by atoms with van der Waals surface area (Å²) in [6.45, 7) is 5.70. The Bertz CT molecular complexity index is 372. The van der Waals surface area contributed by atoms with Crippen LogP contribution in [0, 0.1) is 0 Å². The lowest BCUT2D eigenvalue weighted by Gasteiger charge is -2.34. The molecular formula is C14H23N3OS. The number of nitrogens with zero attached hydrogens (tertiary/aromatic N) is 2. The van der Waals surface area contributed by atoms with Gasteiger partial charge < -0.3 is 10.2 Å². The predicted molar refractivity (Wildman–Crippen MR) is 79.3 cm³/mol. The number of nitrogens with one attached hydrogen (secondary N) is 1. The zero-order valence-electron chi connectivity index (χ0n) is 11.6. The lowest BCUT2D eigenvalue weighted by Crippen LogP contribution is -2.48. The molecule has 0 saturated carbocycles. The molecule has 0 spiro atoms. The van der Waals surface area contributed by atoms with Crippen molar-refractivity contribution < 1.29 is 4.79 Å². The Balaban J connectivity index is 1.68. The second kappa shape index (κ2) is 7.62. The van der Waals surface area contributed by atoms with Gasteiger partial charge in [0, 0.05) is 44.0 Å². The summed E-state index contributed by atoms with van der Waals surface area (Å²) in [6, 6.07) is 4.28. The molecular weight excluding hydrogens is 258 g/mol. The number of thiophene rings is 1. The highest BCUT2D eigenvalue weighted by Crippen LogP contribution is 2.14. The second-order valence-corrected chi connectivity index (χ2v) is 5.98. The van der Waals surface area contributed by atoms with Crippen LogP contribution in [0.1, 0.15) is 17.7 Å². The van der Waals surface area contributed by atoms with Crippen LogP contribution in [0.2, 0.25) is 0 Å².